The van der Waals surface area contributed by atoms with E-state index in [1.54, 1.807) is 0 Å². The number of ether oxygens (including phenoxy) is 1. The summed E-state index contributed by atoms with van der Waals surface area (Å²) in [6, 6.07) is 24.3. The molecule has 1 amide bonds. The number of nitrogens with zero attached hydrogens (tertiary/aromatic N) is 2. The molecule has 1 aromatic heterocycles. The molecule has 0 saturated heterocycles. The van der Waals surface area contributed by atoms with Gasteiger partial charge in [0.25, 0.3) is 0 Å². The lowest BCUT2D eigenvalue weighted by Crippen LogP contribution is -2.28. The third-order valence-electron chi connectivity index (χ3n) is 5.74. The maximum atomic E-state index is 12.3. The predicted octanol–water partition coefficient (Wildman–Crippen LogP) is 5.02. The van der Waals surface area contributed by atoms with Crippen molar-refractivity contribution in [3.05, 3.63) is 95.3 Å². The zero-order chi connectivity index (χ0) is 23.0. The fourth-order valence-corrected chi connectivity index (χ4v) is 3.99. The van der Waals surface area contributed by atoms with E-state index >= 15 is 0 Å². The summed E-state index contributed by atoms with van der Waals surface area (Å²) in [7, 11) is 0. The molecule has 0 fully saturated rings. The number of aryl methyl sites for hydroxylation is 3. The highest BCUT2D eigenvalue weighted by Crippen LogP contribution is 2.20. The van der Waals surface area contributed by atoms with Crippen molar-refractivity contribution in [3.8, 4) is 5.75 Å². The first-order valence-corrected chi connectivity index (χ1v) is 11.5. The summed E-state index contributed by atoms with van der Waals surface area (Å²) >= 11 is 0. The minimum atomic E-state index is 0.0331. The zero-order valence-electron chi connectivity index (χ0n) is 19.4. The number of carbonyl (C=O) groups excluding carboxylic acids is 1. The standard InChI is InChI=1S/C28H31N3O2/c1-21-13-14-22(2)26(19-21)33-18-8-17-31-25-12-7-6-11-24(25)30-27(31)15-16-29-28(32)20-23-9-4-3-5-10-23/h3-7,9-14,19H,8,15-18,20H2,1-2H3,(H,29,32). The summed E-state index contributed by atoms with van der Waals surface area (Å²) in [5.41, 5.74) is 5.48. The van der Waals surface area contributed by atoms with Crippen LogP contribution in [0.4, 0.5) is 0 Å². The number of imidazole rings is 1. The molecule has 4 rings (SSSR count). The molecule has 0 bridgehead atoms. The largest absolute Gasteiger partial charge is 0.493 e. The van der Waals surface area contributed by atoms with Crippen LogP contribution in [0.15, 0.2) is 72.8 Å². The monoisotopic (exact) mass is 441 g/mol. The first-order chi connectivity index (χ1) is 16.1. The van der Waals surface area contributed by atoms with Gasteiger partial charge in [-0.25, -0.2) is 4.98 Å². The van der Waals surface area contributed by atoms with Gasteiger partial charge >= 0.3 is 0 Å². The highest BCUT2D eigenvalue weighted by molar-refractivity contribution is 5.78. The summed E-state index contributed by atoms with van der Waals surface area (Å²) in [5.74, 6) is 1.97. The molecule has 5 nitrogen and oxygen atoms in total. The number of benzene rings is 3. The van der Waals surface area contributed by atoms with Gasteiger partial charge in [-0.05, 0) is 55.2 Å². The van der Waals surface area contributed by atoms with Crippen LogP contribution in [0.3, 0.4) is 0 Å². The van der Waals surface area contributed by atoms with E-state index < -0.39 is 0 Å². The lowest BCUT2D eigenvalue weighted by atomic mass is 10.1. The average molecular weight is 442 g/mol. The van der Waals surface area contributed by atoms with Crippen molar-refractivity contribution in [2.24, 2.45) is 0 Å². The number of rotatable bonds is 10. The van der Waals surface area contributed by atoms with Crippen molar-refractivity contribution in [1.29, 1.82) is 0 Å². The molecular weight excluding hydrogens is 410 g/mol. The summed E-state index contributed by atoms with van der Waals surface area (Å²) in [5, 5.41) is 3.03. The Morgan fingerprint density at radius 3 is 2.64 bits per heavy atom. The van der Waals surface area contributed by atoms with Gasteiger partial charge < -0.3 is 14.6 Å². The highest BCUT2D eigenvalue weighted by Gasteiger charge is 2.11. The quantitative estimate of drug-likeness (QED) is 0.352. The molecule has 4 aromatic rings. The Bertz CT molecular complexity index is 1210. The Labute approximate surface area is 195 Å². The van der Waals surface area contributed by atoms with Crippen LogP contribution in [0.2, 0.25) is 0 Å². The average Bonchev–Trinajstić information content (AvgIpc) is 3.17. The molecule has 0 spiro atoms. The van der Waals surface area contributed by atoms with Gasteiger partial charge in [-0.1, -0.05) is 54.6 Å². The first-order valence-electron chi connectivity index (χ1n) is 11.5. The fraction of sp³-hybridized carbons (Fsp3) is 0.286. The van der Waals surface area contributed by atoms with Crippen LogP contribution in [0.25, 0.3) is 11.0 Å². The number of hydrogen-bond acceptors (Lipinski definition) is 3. The third-order valence-corrected chi connectivity index (χ3v) is 5.74. The van der Waals surface area contributed by atoms with E-state index in [0.717, 1.165) is 46.7 Å². The van der Waals surface area contributed by atoms with Gasteiger partial charge in [0.2, 0.25) is 5.91 Å². The number of nitrogens with one attached hydrogen (secondary N) is 1. The Hall–Kier alpha value is -3.60. The van der Waals surface area contributed by atoms with Crippen molar-refractivity contribution in [2.45, 2.75) is 39.7 Å². The van der Waals surface area contributed by atoms with Gasteiger partial charge in [0.1, 0.15) is 11.6 Å². The molecule has 1 N–H and O–H groups in total. The van der Waals surface area contributed by atoms with Crippen LogP contribution < -0.4 is 10.1 Å². The molecule has 0 aliphatic heterocycles. The molecule has 0 atom stereocenters. The van der Waals surface area contributed by atoms with E-state index in [0.29, 0.717) is 26.0 Å². The lowest BCUT2D eigenvalue weighted by molar-refractivity contribution is -0.120. The minimum Gasteiger partial charge on any atom is -0.493 e. The second-order valence-electron chi connectivity index (χ2n) is 8.40. The van der Waals surface area contributed by atoms with Gasteiger partial charge in [-0.2, -0.15) is 0 Å². The SMILES string of the molecule is Cc1ccc(C)c(OCCCn2c(CCNC(=O)Cc3ccccc3)nc3ccccc32)c1. The summed E-state index contributed by atoms with van der Waals surface area (Å²) in [6.07, 6.45) is 1.96. The highest BCUT2D eigenvalue weighted by atomic mass is 16.5. The van der Waals surface area contributed by atoms with Crippen LogP contribution in [0, 0.1) is 13.8 Å². The Balaban J connectivity index is 1.35. The van der Waals surface area contributed by atoms with Gasteiger partial charge in [0, 0.05) is 19.5 Å². The van der Waals surface area contributed by atoms with E-state index in [1.807, 2.05) is 48.5 Å². The summed E-state index contributed by atoms with van der Waals surface area (Å²) in [4.78, 5) is 17.1. The molecular formula is C28H31N3O2. The van der Waals surface area contributed by atoms with Crippen LogP contribution >= 0.6 is 0 Å². The van der Waals surface area contributed by atoms with Crippen molar-refractivity contribution < 1.29 is 9.53 Å². The molecule has 0 saturated carbocycles. The van der Waals surface area contributed by atoms with E-state index in [2.05, 4.69) is 48.0 Å². The molecule has 170 valence electrons. The van der Waals surface area contributed by atoms with Crippen molar-refractivity contribution in [3.63, 3.8) is 0 Å². The summed E-state index contributed by atoms with van der Waals surface area (Å²) < 4.78 is 8.30. The van der Waals surface area contributed by atoms with E-state index in [9.17, 15) is 4.79 Å². The number of fused-ring (bicyclic) bond motifs is 1. The molecule has 5 heteroatoms. The van der Waals surface area contributed by atoms with Crippen LogP contribution in [-0.4, -0.2) is 28.6 Å². The topological polar surface area (TPSA) is 56.1 Å². The van der Waals surface area contributed by atoms with Crippen LogP contribution in [0.5, 0.6) is 5.75 Å². The smallest absolute Gasteiger partial charge is 0.224 e. The first kappa shape index (κ1) is 22.6. The molecule has 33 heavy (non-hydrogen) atoms. The number of amides is 1. The molecule has 3 aromatic carbocycles. The van der Waals surface area contributed by atoms with Crippen molar-refractivity contribution in [1.82, 2.24) is 14.9 Å². The maximum absolute atomic E-state index is 12.3. The number of para-hydroxylation sites is 2. The zero-order valence-corrected chi connectivity index (χ0v) is 19.4. The molecule has 0 aliphatic rings. The van der Waals surface area contributed by atoms with E-state index in [1.165, 1.54) is 5.56 Å². The van der Waals surface area contributed by atoms with Crippen molar-refractivity contribution in [2.75, 3.05) is 13.2 Å². The normalized spacial score (nSPS) is 11.0. The van der Waals surface area contributed by atoms with Gasteiger partial charge in [-0.3, -0.25) is 4.79 Å². The third kappa shape index (κ3) is 6.01. The molecule has 0 radical (unpaired) electrons. The maximum Gasteiger partial charge on any atom is 0.224 e. The van der Waals surface area contributed by atoms with Gasteiger partial charge in [0.05, 0.1) is 24.1 Å². The number of hydrogen-bond donors (Lipinski definition) is 1. The van der Waals surface area contributed by atoms with Crippen molar-refractivity contribution >= 4 is 16.9 Å². The van der Waals surface area contributed by atoms with Gasteiger partial charge in [-0.15, -0.1) is 0 Å². The molecule has 1 heterocycles. The predicted molar refractivity (Wildman–Crippen MR) is 133 cm³/mol. The van der Waals surface area contributed by atoms with Gasteiger partial charge in [0.15, 0.2) is 0 Å². The molecule has 0 unspecified atom stereocenters. The number of aromatic nitrogens is 2. The summed E-state index contributed by atoms with van der Waals surface area (Å²) in [6.45, 7) is 6.17. The Morgan fingerprint density at radius 2 is 1.79 bits per heavy atom. The van der Waals surface area contributed by atoms with Crippen LogP contribution in [0.1, 0.15) is 28.9 Å². The second-order valence-corrected chi connectivity index (χ2v) is 8.40. The fourth-order valence-electron chi connectivity index (χ4n) is 3.99. The molecule has 0 aliphatic carbocycles. The van der Waals surface area contributed by atoms with E-state index in [-0.39, 0.29) is 5.91 Å². The Morgan fingerprint density at radius 1 is 1.00 bits per heavy atom. The van der Waals surface area contributed by atoms with Crippen LogP contribution in [-0.2, 0) is 24.2 Å². The second kappa shape index (κ2) is 10.8. The minimum absolute atomic E-state index is 0.0331. The number of carbonyl (C=O) groups is 1. The van der Waals surface area contributed by atoms with E-state index in [4.69, 9.17) is 9.72 Å². The lowest BCUT2D eigenvalue weighted by Gasteiger charge is -2.12. The Kier molecular flexibility index (Phi) is 7.40.